The van der Waals surface area contributed by atoms with Crippen molar-refractivity contribution in [3.63, 3.8) is 0 Å². The van der Waals surface area contributed by atoms with Crippen molar-refractivity contribution < 1.29 is 9.90 Å². The van der Waals surface area contributed by atoms with E-state index < -0.39 is 5.97 Å². The van der Waals surface area contributed by atoms with Crippen LogP contribution in [-0.2, 0) is 0 Å². The van der Waals surface area contributed by atoms with Crippen LogP contribution < -0.4 is 0 Å². The molecule has 1 N–H and O–H groups in total. The number of carboxylic acid groups (broad SMARTS) is 1. The Labute approximate surface area is 94.6 Å². The van der Waals surface area contributed by atoms with Crippen molar-refractivity contribution in [2.75, 3.05) is 0 Å². The molecule has 0 fully saturated rings. The van der Waals surface area contributed by atoms with Gasteiger partial charge in [-0.05, 0) is 30.5 Å². The Morgan fingerprint density at radius 3 is 2.44 bits per heavy atom. The second kappa shape index (κ2) is 5.13. The largest absolute Gasteiger partial charge is 0.478 e. The first-order chi connectivity index (χ1) is 7.56. The predicted octanol–water partition coefficient (Wildman–Crippen LogP) is 2.93. The first-order valence-electron chi connectivity index (χ1n) is 4.94. The molecule has 0 aliphatic rings. The topological polar surface area (TPSA) is 61.1 Å². The monoisotopic (exact) mass is 215 g/mol. The van der Waals surface area contributed by atoms with Crippen LogP contribution in [0.2, 0.25) is 0 Å². The van der Waals surface area contributed by atoms with Gasteiger partial charge in [-0.25, -0.2) is 4.79 Å². The number of benzene rings is 1. The summed E-state index contributed by atoms with van der Waals surface area (Å²) in [4.78, 5) is 11.0. The van der Waals surface area contributed by atoms with Crippen molar-refractivity contribution in [3.05, 3.63) is 40.5 Å². The van der Waals surface area contributed by atoms with Gasteiger partial charge in [0.05, 0.1) is 18.1 Å². The fraction of sp³-hybridized carbons (Fsp3) is 0.231. The summed E-state index contributed by atoms with van der Waals surface area (Å²) < 4.78 is 0. The van der Waals surface area contributed by atoms with Crippen molar-refractivity contribution in [2.45, 2.75) is 20.3 Å². The number of carboxylic acids is 1. The minimum Gasteiger partial charge on any atom is -0.478 e. The molecular formula is C13H13NO2. The molecule has 3 nitrogen and oxygen atoms in total. The zero-order valence-electron chi connectivity index (χ0n) is 9.32. The van der Waals surface area contributed by atoms with Gasteiger partial charge in [0.2, 0.25) is 0 Å². The van der Waals surface area contributed by atoms with E-state index in [1.54, 1.807) is 19.9 Å². The fourth-order valence-corrected chi connectivity index (χ4v) is 1.68. The van der Waals surface area contributed by atoms with Gasteiger partial charge in [0.25, 0.3) is 0 Å². The minimum atomic E-state index is -0.900. The fourth-order valence-electron chi connectivity index (χ4n) is 1.68. The van der Waals surface area contributed by atoms with E-state index in [9.17, 15) is 4.79 Å². The van der Waals surface area contributed by atoms with Gasteiger partial charge in [-0.15, -0.1) is 0 Å². The Morgan fingerprint density at radius 2 is 2.00 bits per heavy atom. The molecule has 16 heavy (non-hydrogen) atoms. The van der Waals surface area contributed by atoms with Crippen LogP contribution in [0.15, 0.2) is 18.2 Å². The van der Waals surface area contributed by atoms with Gasteiger partial charge in [-0.1, -0.05) is 24.3 Å². The molecular weight excluding hydrogens is 202 g/mol. The molecule has 1 aromatic carbocycles. The van der Waals surface area contributed by atoms with Crippen LogP contribution in [0.5, 0.6) is 0 Å². The number of carbonyl (C=O) groups is 1. The van der Waals surface area contributed by atoms with Gasteiger partial charge in [0, 0.05) is 0 Å². The van der Waals surface area contributed by atoms with Crippen LogP contribution in [0.1, 0.15) is 33.5 Å². The molecule has 0 amide bonds. The quantitative estimate of drug-likeness (QED) is 0.843. The van der Waals surface area contributed by atoms with Crippen LogP contribution in [-0.4, -0.2) is 11.1 Å². The molecule has 0 radical (unpaired) electrons. The van der Waals surface area contributed by atoms with Gasteiger partial charge in [-0.3, -0.25) is 0 Å². The van der Waals surface area contributed by atoms with Gasteiger partial charge < -0.3 is 5.11 Å². The lowest BCUT2D eigenvalue weighted by molar-refractivity contribution is 0.0695. The third-order valence-corrected chi connectivity index (χ3v) is 2.29. The van der Waals surface area contributed by atoms with Gasteiger partial charge in [0.1, 0.15) is 0 Å². The zero-order chi connectivity index (χ0) is 12.1. The summed E-state index contributed by atoms with van der Waals surface area (Å²) in [7, 11) is 0. The number of aryl methyl sites for hydroxylation is 2. The van der Waals surface area contributed by atoms with Crippen molar-refractivity contribution in [1.82, 2.24) is 0 Å². The highest BCUT2D eigenvalue weighted by Gasteiger charge is 2.10. The molecule has 0 saturated heterocycles. The summed E-state index contributed by atoms with van der Waals surface area (Å²) >= 11 is 0. The molecule has 0 aromatic heterocycles. The van der Waals surface area contributed by atoms with E-state index in [-0.39, 0.29) is 0 Å². The van der Waals surface area contributed by atoms with E-state index in [4.69, 9.17) is 10.4 Å². The lowest BCUT2D eigenvalue weighted by Gasteiger charge is -2.06. The maximum absolute atomic E-state index is 11.0. The molecule has 0 saturated carbocycles. The average Bonchev–Trinajstić information content (AvgIpc) is 2.16. The van der Waals surface area contributed by atoms with Crippen molar-refractivity contribution in [3.8, 4) is 6.07 Å². The molecule has 1 aromatic rings. The predicted molar refractivity (Wildman–Crippen MR) is 62.1 cm³/mol. The SMILES string of the molecule is Cc1cc(C=CCC#N)cc(C)c1C(=O)O. The van der Waals surface area contributed by atoms with E-state index >= 15 is 0 Å². The van der Waals surface area contributed by atoms with Gasteiger partial charge >= 0.3 is 5.97 Å². The molecule has 82 valence electrons. The summed E-state index contributed by atoms with van der Waals surface area (Å²) in [5.41, 5.74) is 2.76. The Kier molecular flexibility index (Phi) is 3.84. The van der Waals surface area contributed by atoms with Crippen LogP contribution >= 0.6 is 0 Å². The van der Waals surface area contributed by atoms with Gasteiger partial charge in [0.15, 0.2) is 0 Å². The zero-order valence-corrected chi connectivity index (χ0v) is 9.32. The molecule has 0 aliphatic carbocycles. The third kappa shape index (κ3) is 2.71. The highest BCUT2D eigenvalue weighted by molar-refractivity contribution is 5.91. The van der Waals surface area contributed by atoms with Crippen molar-refractivity contribution in [2.24, 2.45) is 0 Å². The Balaban J connectivity index is 3.11. The second-order valence-electron chi connectivity index (χ2n) is 3.60. The van der Waals surface area contributed by atoms with Crippen LogP contribution in [0.25, 0.3) is 6.08 Å². The number of rotatable bonds is 3. The molecule has 0 heterocycles. The number of hydrogen-bond acceptors (Lipinski definition) is 2. The summed E-state index contributed by atoms with van der Waals surface area (Å²) in [5, 5.41) is 17.4. The average molecular weight is 215 g/mol. The van der Waals surface area contributed by atoms with Crippen LogP contribution in [0.4, 0.5) is 0 Å². The normalized spacial score (nSPS) is 10.3. The smallest absolute Gasteiger partial charge is 0.336 e. The molecule has 1 rings (SSSR count). The standard InChI is InChI=1S/C13H13NO2/c1-9-7-11(5-3-4-6-14)8-10(2)12(9)13(15)16/h3,5,7-8H,4H2,1-2H3,(H,15,16). The van der Waals surface area contributed by atoms with E-state index in [1.165, 1.54) is 0 Å². The maximum atomic E-state index is 11.0. The third-order valence-electron chi connectivity index (χ3n) is 2.29. The number of nitriles is 1. The number of nitrogens with zero attached hydrogens (tertiary/aromatic N) is 1. The highest BCUT2D eigenvalue weighted by atomic mass is 16.4. The number of hydrogen-bond donors (Lipinski definition) is 1. The lowest BCUT2D eigenvalue weighted by atomic mass is 9.99. The maximum Gasteiger partial charge on any atom is 0.336 e. The molecule has 0 spiro atoms. The van der Waals surface area contributed by atoms with Crippen molar-refractivity contribution in [1.29, 1.82) is 5.26 Å². The summed E-state index contributed by atoms with van der Waals surface area (Å²) in [6, 6.07) is 5.64. The van der Waals surface area contributed by atoms with E-state index in [0.29, 0.717) is 12.0 Å². The molecule has 0 bridgehead atoms. The van der Waals surface area contributed by atoms with Gasteiger partial charge in [-0.2, -0.15) is 5.26 Å². The van der Waals surface area contributed by atoms with Crippen LogP contribution in [0, 0.1) is 25.2 Å². The second-order valence-corrected chi connectivity index (χ2v) is 3.60. The van der Waals surface area contributed by atoms with Crippen molar-refractivity contribution >= 4 is 12.0 Å². The molecule has 0 atom stereocenters. The first-order valence-corrected chi connectivity index (χ1v) is 4.94. The number of allylic oxidation sites excluding steroid dienone is 1. The minimum absolute atomic E-state index is 0.359. The first kappa shape index (κ1) is 12.0. The summed E-state index contributed by atoms with van der Waals surface area (Å²) in [6.45, 7) is 3.55. The summed E-state index contributed by atoms with van der Waals surface area (Å²) in [5.74, 6) is -0.900. The van der Waals surface area contributed by atoms with E-state index in [2.05, 4.69) is 0 Å². The number of aromatic carboxylic acids is 1. The highest BCUT2D eigenvalue weighted by Crippen LogP contribution is 2.17. The summed E-state index contributed by atoms with van der Waals surface area (Å²) in [6.07, 6.45) is 3.95. The lowest BCUT2D eigenvalue weighted by Crippen LogP contribution is -2.03. The Bertz CT molecular complexity index is 458. The Hall–Kier alpha value is -2.08. The Morgan fingerprint density at radius 1 is 1.44 bits per heavy atom. The van der Waals surface area contributed by atoms with Crippen LogP contribution in [0.3, 0.4) is 0 Å². The molecule has 0 aliphatic heterocycles. The van der Waals surface area contributed by atoms with E-state index in [0.717, 1.165) is 16.7 Å². The molecule has 0 unspecified atom stereocenters. The molecule has 3 heteroatoms. The van der Waals surface area contributed by atoms with E-state index in [1.807, 2.05) is 24.3 Å².